The van der Waals surface area contributed by atoms with Gasteiger partial charge in [0.2, 0.25) is 0 Å². The van der Waals surface area contributed by atoms with Gasteiger partial charge in [0.25, 0.3) is 5.91 Å². The summed E-state index contributed by atoms with van der Waals surface area (Å²) in [5.41, 5.74) is 9.68. The summed E-state index contributed by atoms with van der Waals surface area (Å²) in [6, 6.07) is 17.4. The molecule has 3 aromatic heterocycles. The number of carbonyl (C=O) groups is 1. The molecule has 5 aromatic rings. The van der Waals surface area contributed by atoms with Gasteiger partial charge in [0, 0.05) is 35.4 Å². The molecule has 0 saturated heterocycles. The number of amides is 1. The lowest BCUT2D eigenvalue weighted by Crippen LogP contribution is -2.44. The number of fused-ring (bicyclic) bond motifs is 1. The zero-order valence-electron chi connectivity index (χ0n) is 20.1. The van der Waals surface area contributed by atoms with E-state index in [0.717, 1.165) is 10.9 Å². The molecule has 1 aliphatic rings. The van der Waals surface area contributed by atoms with Crippen molar-refractivity contribution in [2.24, 2.45) is 0 Å². The molecule has 6 rings (SSSR count). The van der Waals surface area contributed by atoms with Crippen LogP contribution in [0, 0.1) is 12.7 Å². The second-order valence-corrected chi connectivity index (χ2v) is 9.33. The van der Waals surface area contributed by atoms with Gasteiger partial charge in [0.1, 0.15) is 17.3 Å². The molecule has 1 aliphatic carbocycles. The smallest absolute Gasteiger partial charge is 0.253 e. The Labute approximate surface area is 212 Å². The van der Waals surface area contributed by atoms with E-state index < -0.39 is 0 Å². The number of pyridine rings is 2. The molecule has 0 bridgehead atoms. The third kappa shape index (κ3) is 4.08. The highest BCUT2D eigenvalue weighted by Crippen LogP contribution is 2.39. The molecule has 8 nitrogen and oxygen atoms in total. The van der Waals surface area contributed by atoms with Gasteiger partial charge < -0.3 is 11.1 Å². The van der Waals surface area contributed by atoms with Crippen LogP contribution < -0.4 is 11.1 Å². The molecule has 3 N–H and O–H groups in total. The molecule has 3 heterocycles. The Kier molecular flexibility index (Phi) is 5.60. The Morgan fingerprint density at radius 1 is 1.03 bits per heavy atom. The Morgan fingerprint density at radius 3 is 2.65 bits per heavy atom. The van der Waals surface area contributed by atoms with Crippen LogP contribution in [0.25, 0.3) is 28.1 Å². The summed E-state index contributed by atoms with van der Waals surface area (Å²) in [6.07, 6.45) is 4.66. The van der Waals surface area contributed by atoms with E-state index in [2.05, 4.69) is 25.5 Å². The number of hydrogen-bond donors (Lipinski definition) is 2. The van der Waals surface area contributed by atoms with E-state index >= 15 is 0 Å². The van der Waals surface area contributed by atoms with E-state index in [-0.39, 0.29) is 23.7 Å². The highest BCUT2D eigenvalue weighted by molar-refractivity contribution is 6.07. The van der Waals surface area contributed by atoms with Crippen molar-refractivity contribution in [3.63, 3.8) is 0 Å². The molecule has 1 amide bonds. The average Bonchev–Trinajstić information content (AvgIpc) is 3.30. The predicted octanol–water partition coefficient (Wildman–Crippen LogP) is 4.58. The van der Waals surface area contributed by atoms with Crippen LogP contribution in [-0.2, 0) is 0 Å². The number of aromatic nitrogens is 5. The Hall–Kier alpha value is -4.66. The van der Waals surface area contributed by atoms with Crippen LogP contribution in [0.4, 0.5) is 10.1 Å². The highest BCUT2D eigenvalue weighted by Gasteiger charge is 2.36. The van der Waals surface area contributed by atoms with Crippen molar-refractivity contribution < 1.29 is 9.18 Å². The van der Waals surface area contributed by atoms with Crippen molar-refractivity contribution in [1.82, 2.24) is 30.0 Å². The number of nitrogens with two attached hydrogens (primary N) is 1. The molecule has 2 aromatic carbocycles. The number of para-hydroxylation sites is 2. The fourth-order valence-corrected chi connectivity index (χ4v) is 4.79. The first-order valence-electron chi connectivity index (χ1n) is 12.1. The van der Waals surface area contributed by atoms with Gasteiger partial charge in [-0.15, -0.1) is 10.2 Å². The molecule has 1 fully saturated rings. The van der Waals surface area contributed by atoms with E-state index in [0.29, 0.717) is 52.6 Å². The summed E-state index contributed by atoms with van der Waals surface area (Å²) in [5, 5.41) is 12.7. The number of benzene rings is 2. The zero-order valence-corrected chi connectivity index (χ0v) is 20.1. The minimum atomic E-state index is -0.371. The lowest BCUT2D eigenvalue weighted by Gasteiger charge is -2.35. The first-order chi connectivity index (χ1) is 18.0. The molecule has 184 valence electrons. The van der Waals surface area contributed by atoms with E-state index in [9.17, 15) is 9.18 Å². The number of nitrogens with zero attached hydrogens (tertiary/aromatic N) is 5. The maximum Gasteiger partial charge on any atom is 0.253 e. The summed E-state index contributed by atoms with van der Waals surface area (Å²) in [7, 11) is 0. The molecular weight excluding hydrogens is 469 g/mol. The minimum absolute atomic E-state index is 0.00195. The maximum atomic E-state index is 14.9. The van der Waals surface area contributed by atoms with Crippen molar-refractivity contribution in [1.29, 1.82) is 0 Å². The van der Waals surface area contributed by atoms with Crippen molar-refractivity contribution in [3.8, 4) is 17.2 Å². The number of carbonyl (C=O) groups excluding carboxylic acids is 1. The molecule has 0 atom stereocenters. The van der Waals surface area contributed by atoms with Gasteiger partial charge in [-0.3, -0.25) is 19.3 Å². The van der Waals surface area contributed by atoms with Gasteiger partial charge in [0.05, 0.1) is 16.8 Å². The molecular formula is C28H24FN7O. The number of nitrogen functional groups attached to an aromatic ring is 1. The van der Waals surface area contributed by atoms with E-state index in [1.54, 1.807) is 53.4 Å². The third-order valence-electron chi connectivity index (χ3n) is 6.81. The molecule has 37 heavy (non-hydrogen) atoms. The van der Waals surface area contributed by atoms with Crippen molar-refractivity contribution in [2.45, 2.75) is 31.7 Å². The van der Waals surface area contributed by atoms with Crippen LogP contribution in [0.3, 0.4) is 0 Å². The largest absolute Gasteiger partial charge is 0.398 e. The maximum absolute atomic E-state index is 14.9. The van der Waals surface area contributed by atoms with E-state index in [1.165, 1.54) is 6.07 Å². The summed E-state index contributed by atoms with van der Waals surface area (Å²) in [5.74, 6) is 0.550. The molecule has 0 unspecified atom stereocenters. The lowest BCUT2D eigenvalue weighted by atomic mass is 9.79. The highest BCUT2D eigenvalue weighted by atomic mass is 19.1. The van der Waals surface area contributed by atoms with Gasteiger partial charge in [-0.05, 0) is 55.7 Å². The van der Waals surface area contributed by atoms with Crippen LogP contribution in [0.2, 0.25) is 0 Å². The van der Waals surface area contributed by atoms with Crippen molar-refractivity contribution >= 4 is 22.5 Å². The molecule has 0 spiro atoms. The summed E-state index contributed by atoms with van der Waals surface area (Å²) >= 11 is 0. The number of nitrogens with one attached hydrogen (secondary N) is 1. The van der Waals surface area contributed by atoms with Gasteiger partial charge in [0.15, 0.2) is 5.82 Å². The molecule has 0 aliphatic heterocycles. The van der Waals surface area contributed by atoms with Gasteiger partial charge in [-0.25, -0.2) is 4.39 Å². The molecule has 9 heteroatoms. The first-order valence-corrected chi connectivity index (χ1v) is 12.1. The zero-order chi connectivity index (χ0) is 25.5. The Balaban J connectivity index is 1.26. The topological polar surface area (TPSA) is 112 Å². The average molecular weight is 494 g/mol. The molecule has 0 radical (unpaired) electrons. The van der Waals surface area contributed by atoms with Gasteiger partial charge in [-0.1, -0.05) is 30.3 Å². The van der Waals surface area contributed by atoms with Crippen molar-refractivity contribution in [3.05, 3.63) is 95.8 Å². The number of rotatable bonds is 5. The number of aryl methyl sites for hydroxylation is 1. The van der Waals surface area contributed by atoms with Crippen LogP contribution in [0.5, 0.6) is 0 Å². The monoisotopic (exact) mass is 493 g/mol. The van der Waals surface area contributed by atoms with Gasteiger partial charge >= 0.3 is 0 Å². The van der Waals surface area contributed by atoms with Crippen molar-refractivity contribution in [2.75, 3.05) is 5.73 Å². The minimum Gasteiger partial charge on any atom is -0.398 e. The Bertz CT molecular complexity index is 1620. The predicted molar refractivity (Wildman–Crippen MR) is 139 cm³/mol. The number of hydrogen-bond acceptors (Lipinski definition) is 6. The second kappa shape index (κ2) is 9.09. The van der Waals surface area contributed by atoms with Gasteiger partial charge in [-0.2, -0.15) is 0 Å². The standard InChI is InChI=1S/C28H24FN7O/c1-16-9-10-23(32-15-16)27-35-34-26(36(27)24-8-3-2-7-21(24)29)17-13-18(14-17)33-28(37)20-6-4-5-19-22(30)11-12-31-25(19)20/h2-12,15,17-18H,13-14H2,1H3,(H2,30,31)(H,33,37). The SMILES string of the molecule is Cc1ccc(-c2nnc(C3CC(NC(=O)c4cccc5c(N)ccnc45)C3)n2-c2ccccc2F)nc1. The quantitative estimate of drug-likeness (QED) is 0.371. The number of halogens is 1. The second-order valence-electron chi connectivity index (χ2n) is 9.33. The summed E-state index contributed by atoms with van der Waals surface area (Å²) in [4.78, 5) is 21.9. The van der Waals surface area contributed by atoms with E-state index in [4.69, 9.17) is 5.73 Å². The third-order valence-corrected chi connectivity index (χ3v) is 6.81. The van der Waals surface area contributed by atoms with E-state index in [1.807, 2.05) is 25.1 Å². The first kappa shape index (κ1) is 22.8. The van der Waals surface area contributed by atoms with Crippen LogP contribution in [0.15, 0.2) is 73.1 Å². The fourth-order valence-electron chi connectivity index (χ4n) is 4.79. The van der Waals surface area contributed by atoms with Crippen LogP contribution in [0.1, 0.15) is 40.5 Å². The normalized spacial score (nSPS) is 16.9. The van der Waals surface area contributed by atoms with Crippen LogP contribution in [-0.4, -0.2) is 36.7 Å². The fraction of sp³-hybridized carbons (Fsp3) is 0.179. The lowest BCUT2D eigenvalue weighted by molar-refractivity contribution is 0.0908. The summed E-state index contributed by atoms with van der Waals surface area (Å²) < 4.78 is 16.6. The Morgan fingerprint density at radius 2 is 1.86 bits per heavy atom. The summed E-state index contributed by atoms with van der Waals surface area (Å²) in [6.45, 7) is 1.95. The van der Waals surface area contributed by atoms with Crippen LogP contribution >= 0.6 is 0 Å². The molecule has 1 saturated carbocycles. The number of anilines is 1.